The molecule has 118 valence electrons. The highest BCUT2D eigenvalue weighted by Gasteiger charge is 2.26. The van der Waals surface area contributed by atoms with Crippen LogP contribution in [0.25, 0.3) is 0 Å². The minimum atomic E-state index is -3.48. The van der Waals surface area contributed by atoms with Gasteiger partial charge in [-0.15, -0.1) is 0 Å². The molecule has 0 radical (unpaired) electrons. The van der Waals surface area contributed by atoms with Gasteiger partial charge in [0.1, 0.15) is 0 Å². The van der Waals surface area contributed by atoms with Crippen LogP contribution in [0.5, 0.6) is 0 Å². The number of piperidine rings is 1. The highest BCUT2D eigenvalue weighted by Crippen LogP contribution is 2.26. The van der Waals surface area contributed by atoms with Crippen molar-refractivity contribution >= 4 is 41.9 Å². The van der Waals surface area contributed by atoms with Crippen LogP contribution in [0.4, 0.5) is 0 Å². The van der Waals surface area contributed by atoms with E-state index in [1.807, 2.05) is 0 Å². The van der Waals surface area contributed by atoms with E-state index in [0.717, 1.165) is 30.4 Å². The minimum absolute atomic E-state index is 0.0144. The third kappa shape index (κ3) is 4.51. The van der Waals surface area contributed by atoms with Crippen molar-refractivity contribution in [3.63, 3.8) is 0 Å². The van der Waals surface area contributed by atoms with Gasteiger partial charge in [0.2, 0.25) is 10.0 Å². The summed E-state index contributed by atoms with van der Waals surface area (Å²) in [4.78, 5) is 2.66. The molecule has 0 spiro atoms. The summed E-state index contributed by atoms with van der Waals surface area (Å²) in [6.45, 7) is 6.21. The van der Waals surface area contributed by atoms with E-state index in [2.05, 4.69) is 55.3 Å². The Morgan fingerprint density at radius 1 is 1.24 bits per heavy atom. The number of nitrogens with zero attached hydrogens (tertiary/aromatic N) is 1. The summed E-state index contributed by atoms with van der Waals surface area (Å²) in [5.74, 6) is 0. The highest BCUT2D eigenvalue weighted by atomic mass is 79.9. The smallest absolute Gasteiger partial charge is 0.241 e. The van der Waals surface area contributed by atoms with E-state index in [1.165, 1.54) is 0 Å². The molecule has 1 fully saturated rings. The molecule has 0 unspecified atom stereocenters. The second-order valence-corrected chi connectivity index (χ2v) is 9.05. The standard InChI is InChI=1S/C14H20Br2N2O2S/c1-10(2)18-7-5-12(6-8-18)17-21(19,20)14-4-3-11(15)9-13(14)16/h3-4,9-10,12,17H,5-8H2,1-2H3. The van der Waals surface area contributed by atoms with Gasteiger partial charge in [-0.1, -0.05) is 15.9 Å². The molecular weight excluding hydrogens is 420 g/mol. The zero-order chi connectivity index (χ0) is 15.6. The molecule has 2 rings (SSSR count). The molecule has 1 aliphatic heterocycles. The second kappa shape index (κ2) is 7.08. The number of sulfonamides is 1. The van der Waals surface area contributed by atoms with E-state index in [0.29, 0.717) is 10.5 Å². The van der Waals surface area contributed by atoms with Crippen LogP contribution in [0, 0.1) is 0 Å². The Kier molecular flexibility index (Phi) is 5.87. The molecule has 0 bridgehead atoms. The summed E-state index contributed by atoms with van der Waals surface area (Å²) >= 11 is 6.65. The molecule has 0 saturated carbocycles. The lowest BCUT2D eigenvalue weighted by atomic mass is 10.1. The topological polar surface area (TPSA) is 49.4 Å². The lowest BCUT2D eigenvalue weighted by Gasteiger charge is -2.34. The fraction of sp³-hybridized carbons (Fsp3) is 0.571. The van der Waals surface area contributed by atoms with E-state index < -0.39 is 10.0 Å². The van der Waals surface area contributed by atoms with Gasteiger partial charge < -0.3 is 4.90 Å². The van der Waals surface area contributed by atoms with Gasteiger partial charge >= 0.3 is 0 Å². The lowest BCUT2D eigenvalue weighted by Crippen LogP contribution is -2.46. The summed E-state index contributed by atoms with van der Waals surface area (Å²) in [6.07, 6.45) is 1.71. The van der Waals surface area contributed by atoms with E-state index in [-0.39, 0.29) is 10.9 Å². The average molecular weight is 440 g/mol. The van der Waals surface area contributed by atoms with Crippen LogP contribution in [-0.2, 0) is 10.0 Å². The Hall–Kier alpha value is 0.0500. The fourth-order valence-electron chi connectivity index (χ4n) is 2.51. The Morgan fingerprint density at radius 2 is 1.86 bits per heavy atom. The number of halogens is 2. The van der Waals surface area contributed by atoms with E-state index in [4.69, 9.17) is 0 Å². The molecule has 1 aromatic rings. The van der Waals surface area contributed by atoms with Crippen molar-refractivity contribution < 1.29 is 8.42 Å². The molecule has 0 aromatic heterocycles. The number of likely N-dealkylation sites (tertiary alicyclic amines) is 1. The summed E-state index contributed by atoms with van der Waals surface area (Å²) in [7, 11) is -3.48. The van der Waals surface area contributed by atoms with Gasteiger partial charge in [0.15, 0.2) is 0 Å². The molecule has 1 aliphatic rings. The van der Waals surface area contributed by atoms with E-state index in [9.17, 15) is 8.42 Å². The normalized spacial score (nSPS) is 18.3. The van der Waals surface area contributed by atoms with Gasteiger partial charge in [-0.25, -0.2) is 13.1 Å². The molecule has 1 heterocycles. The number of hydrogen-bond donors (Lipinski definition) is 1. The van der Waals surface area contributed by atoms with E-state index in [1.54, 1.807) is 18.2 Å². The summed E-state index contributed by atoms with van der Waals surface area (Å²) < 4.78 is 29.2. The third-order valence-electron chi connectivity index (χ3n) is 3.77. The zero-order valence-electron chi connectivity index (χ0n) is 12.1. The Balaban J connectivity index is 2.05. The molecule has 1 N–H and O–H groups in total. The van der Waals surface area contributed by atoms with Gasteiger partial charge in [-0.05, 0) is 73.9 Å². The zero-order valence-corrected chi connectivity index (χ0v) is 16.1. The average Bonchev–Trinajstić information content (AvgIpc) is 2.38. The van der Waals surface area contributed by atoms with Crippen LogP contribution < -0.4 is 4.72 Å². The molecule has 0 aliphatic carbocycles. The van der Waals surface area contributed by atoms with Crippen LogP contribution in [0.3, 0.4) is 0 Å². The van der Waals surface area contributed by atoms with Crippen LogP contribution in [-0.4, -0.2) is 38.5 Å². The quantitative estimate of drug-likeness (QED) is 0.782. The second-order valence-electron chi connectivity index (χ2n) is 5.60. The van der Waals surface area contributed by atoms with Gasteiger partial charge in [0.05, 0.1) is 4.90 Å². The first-order valence-electron chi connectivity index (χ1n) is 7.01. The van der Waals surface area contributed by atoms with Gasteiger partial charge in [0, 0.05) is 21.0 Å². The van der Waals surface area contributed by atoms with Gasteiger partial charge in [-0.2, -0.15) is 0 Å². The van der Waals surface area contributed by atoms with Crippen molar-refractivity contribution in [2.45, 2.75) is 43.7 Å². The Morgan fingerprint density at radius 3 is 2.38 bits per heavy atom. The molecule has 1 saturated heterocycles. The fourth-order valence-corrected chi connectivity index (χ4v) is 5.56. The van der Waals surface area contributed by atoms with Crippen molar-refractivity contribution in [2.75, 3.05) is 13.1 Å². The molecule has 1 aromatic carbocycles. The first kappa shape index (κ1) is 17.4. The maximum absolute atomic E-state index is 12.5. The molecule has 4 nitrogen and oxygen atoms in total. The maximum Gasteiger partial charge on any atom is 0.241 e. The Bertz CT molecular complexity index is 597. The van der Waals surface area contributed by atoms with Gasteiger partial charge in [-0.3, -0.25) is 0 Å². The SMILES string of the molecule is CC(C)N1CCC(NS(=O)(=O)c2ccc(Br)cc2Br)CC1. The number of benzene rings is 1. The molecule has 0 amide bonds. The highest BCUT2D eigenvalue weighted by molar-refractivity contribution is 9.11. The molecule has 0 atom stereocenters. The first-order valence-corrected chi connectivity index (χ1v) is 10.1. The third-order valence-corrected chi connectivity index (χ3v) is 6.76. The lowest BCUT2D eigenvalue weighted by molar-refractivity contribution is 0.168. The molecule has 7 heteroatoms. The van der Waals surface area contributed by atoms with Crippen LogP contribution >= 0.6 is 31.9 Å². The van der Waals surface area contributed by atoms with Crippen molar-refractivity contribution in [2.24, 2.45) is 0 Å². The largest absolute Gasteiger partial charge is 0.301 e. The monoisotopic (exact) mass is 438 g/mol. The summed E-state index contributed by atoms with van der Waals surface area (Å²) in [5.41, 5.74) is 0. The van der Waals surface area contributed by atoms with Crippen molar-refractivity contribution in [1.82, 2.24) is 9.62 Å². The predicted molar refractivity (Wildman–Crippen MR) is 91.9 cm³/mol. The minimum Gasteiger partial charge on any atom is -0.301 e. The summed E-state index contributed by atoms with van der Waals surface area (Å²) in [6, 6.07) is 5.62. The summed E-state index contributed by atoms with van der Waals surface area (Å²) in [5, 5.41) is 0. The first-order chi connectivity index (χ1) is 9.79. The van der Waals surface area contributed by atoms with Crippen molar-refractivity contribution in [1.29, 1.82) is 0 Å². The van der Waals surface area contributed by atoms with Crippen molar-refractivity contribution in [3.8, 4) is 0 Å². The van der Waals surface area contributed by atoms with Crippen molar-refractivity contribution in [3.05, 3.63) is 27.1 Å². The Labute approximate surface area is 143 Å². The maximum atomic E-state index is 12.5. The predicted octanol–water partition coefficient (Wildman–Crippen LogP) is 3.36. The van der Waals surface area contributed by atoms with E-state index >= 15 is 0 Å². The van der Waals surface area contributed by atoms with Crippen LogP contribution in [0.1, 0.15) is 26.7 Å². The van der Waals surface area contributed by atoms with Crippen LogP contribution in [0.15, 0.2) is 32.0 Å². The van der Waals surface area contributed by atoms with Crippen LogP contribution in [0.2, 0.25) is 0 Å². The number of nitrogens with one attached hydrogen (secondary N) is 1. The number of rotatable bonds is 4. The number of hydrogen-bond acceptors (Lipinski definition) is 3. The molecular formula is C14H20Br2N2O2S. The van der Waals surface area contributed by atoms with Gasteiger partial charge in [0.25, 0.3) is 0 Å². The molecule has 21 heavy (non-hydrogen) atoms.